The Morgan fingerprint density at radius 2 is 1.68 bits per heavy atom. The number of hydrogen-bond donors (Lipinski definition) is 0. The minimum absolute atomic E-state index is 0.0670. The van der Waals surface area contributed by atoms with Crippen molar-refractivity contribution >= 4 is 6.40 Å². The molecule has 0 bridgehead atoms. The summed E-state index contributed by atoms with van der Waals surface area (Å²) in [5.41, 5.74) is 1.10. The van der Waals surface area contributed by atoms with Crippen LogP contribution in [0.15, 0.2) is 65.7 Å². The van der Waals surface area contributed by atoms with E-state index in [0.717, 1.165) is 11.3 Å². The van der Waals surface area contributed by atoms with Gasteiger partial charge in [0.1, 0.15) is 5.75 Å². The average molecular weight is 253 g/mol. The Balaban J connectivity index is 1.84. The Bertz CT molecular complexity index is 531. The summed E-state index contributed by atoms with van der Waals surface area (Å²) >= 11 is 0. The van der Waals surface area contributed by atoms with Crippen LogP contribution < -0.4 is 4.74 Å². The predicted octanol–water partition coefficient (Wildman–Crippen LogP) is 3.23. The summed E-state index contributed by atoms with van der Waals surface area (Å²) in [5.74, 6) is 0.840. The van der Waals surface area contributed by atoms with E-state index in [9.17, 15) is 0 Å². The van der Waals surface area contributed by atoms with Gasteiger partial charge in [-0.15, -0.1) is 0 Å². The fourth-order valence-corrected chi connectivity index (χ4v) is 2.13. The number of ether oxygens (including phenoxy) is 2. The first-order chi connectivity index (χ1) is 9.43. The van der Waals surface area contributed by atoms with Crippen molar-refractivity contribution in [2.24, 2.45) is 4.99 Å². The van der Waals surface area contributed by atoms with Gasteiger partial charge in [0.05, 0.1) is 6.54 Å². The van der Waals surface area contributed by atoms with Gasteiger partial charge in [-0.25, -0.2) is 0 Å². The molecule has 2 aromatic rings. The molecule has 3 nitrogen and oxygen atoms in total. The van der Waals surface area contributed by atoms with Crippen LogP contribution in [0.2, 0.25) is 0 Å². The monoisotopic (exact) mass is 253 g/mol. The molecular weight excluding hydrogens is 238 g/mol. The Morgan fingerprint density at radius 3 is 2.32 bits per heavy atom. The molecule has 2 atom stereocenters. The van der Waals surface area contributed by atoms with Crippen LogP contribution >= 0.6 is 0 Å². The van der Waals surface area contributed by atoms with Crippen molar-refractivity contribution in [3.05, 3.63) is 66.2 Å². The second kappa shape index (κ2) is 5.57. The number of aliphatic imine (C=N–C) groups is 1. The average Bonchev–Trinajstić information content (AvgIpc) is 3.01. The first-order valence-corrected chi connectivity index (χ1v) is 6.34. The highest BCUT2D eigenvalue weighted by atomic mass is 16.5. The second-order valence-corrected chi connectivity index (χ2v) is 4.41. The van der Waals surface area contributed by atoms with Gasteiger partial charge in [-0.1, -0.05) is 48.5 Å². The molecule has 0 spiro atoms. The molecule has 0 N–H and O–H groups in total. The first kappa shape index (κ1) is 11.8. The molecule has 1 aliphatic heterocycles. The third kappa shape index (κ3) is 2.76. The molecule has 0 amide bonds. The van der Waals surface area contributed by atoms with Gasteiger partial charge in [-0.2, -0.15) is 0 Å². The Morgan fingerprint density at radius 1 is 1.00 bits per heavy atom. The topological polar surface area (TPSA) is 30.8 Å². The lowest BCUT2D eigenvalue weighted by atomic mass is 10.0. The fourth-order valence-electron chi connectivity index (χ4n) is 2.13. The van der Waals surface area contributed by atoms with Gasteiger partial charge in [0, 0.05) is 0 Å². The third-order valence-corrected chi connectivity index (χ3v) is 3.07. The first-order valence-electron chi connectivity index (χ1n) is 6.34. The molecule has 96 valence electrons. The van der Waals surface area contributed by atoms with E-state index < -0.39 is 0 Å². The Kier molecular flexibility index (Phi) is 3.45. The molecule has 0 fully saturated rings. The molecule has 0 aliphatic carbocycles. The fraction of sp³-hybridized carbons (Fsp3) is 0.188. The number of benzene rings is 2. The van der Waals surface area contributed by atoms with Crippen LogP contribution in [-0.4, -0.2) is 19.0 Å². The van der Waals surface area contributed by atoms with Crippen LogP contribution in [0.4, 0.5) is 0 Å². The third-order valence-electron chi connectivity index (χ3n) is 3.07. The van der Waals surface area contributed by atoms with Gasteiger partial charge < -0.3 is 9.47 Å². The van der Waals surface area contributed by atoms with Gasteiger partial charge in [-0.3, -0.25) is 4.99 Å². The smallest absolute Gasteiger partial charge is 0.170 e. The summed E-state index contributed by atoms with van der Waals surface area (Å²) in [5, 5.41) is 0. The summed E-state index contributed by atoms with van der Waals surface area (Å²) in [4.78, 5) is 4.13. The molecule has 3 heteroatoms. The van der Waals surface area contributed by atoms with E-state index >= 15 is 0 Å². The standard InChI is InChI=1S/C16H15NO2/c1-3-7-13(8-4-1)16(15-11-17-12-18-15)19-14-9-5-2-6-10-14/h1-10,12,15-16H,11H2. The summed E-state index contributed by atoms with van der Waals surface area (Å²) in [6, 6.07) is 19.9. The van der Waals surface area contributed by atoms with Crippen molar-refractivity contribution in [3.8, 4) is 5.75 Å². The molecule has 1 aliphatic rings. The van der Waals surface area contributed by atoms with Crippen LogP contribution in [0.3, 0.4) is 0 Å². The van der Waals surface area contributed by atoms with Crippen LogP contribution in [0, 0.1) is 0 Å². The molecule has 2 unspecified atom stereocenters. The lowest BCUT2D eigenvalue weighted by Gasteiger charge is -2.24. The molecule has 0 saturated carbocycles. The molecule has 3 rings (SSSR count). The van der Waals surface area contributed by atoms with E-state index in [-0.39, 0.29) is 12.2 Å². The molecule has 0 saturated heterocycles. The van der Waals surface area contributed by atoms with E-state index in [1.165, 1.54) is 6.40 Å². The van der Waals surface area contributed by atoms with Crippen molar-refractivity contribution in [1.29, 1.82) is 0 Å². The predicted molar refractivity (Wildman–Crippen MR) is 74.5 cm³/mol. The zero-order valence-electron chi connectivity index (χ0n) is 10.5. The van der Waals surface area contributed by atoms with Crippen molar-refractivity contribution < 1.29 is 9.47 Å². The maximum atomic E-state index is 6.08. The van der Waals surface area contributed by atoms with Crippen LogP contribution in [-0.2, 0) is 4.74 Å². The van der Waals surface area contributed by atoms with Gasteiger partial charge in [-0.05, 0) is 17.7 Å². The van der Waals surface area contributed by atoms with Crippen molar-refractivity contribution in [2.45, 2.75) is 12.2 Å². The largest absolute Gasteiger partial charge is 0.482 e. The maximum absolute atomic E-state index is 6.08. The Labute approximate surface area is 112 Å². The zero-order valence-corrected chi connectivity index (χ0v) is 10.5. The molecular formula is C16H15NO2. The van der Waals surface area contributed by atoms with E-state index in [2.05, 4.69) is 17.1 Å². The summed E-state index contributed by atoms with van der Waals surface area (Å²) < 4.78 is 11.6. The zero-order chi connectivity index (χ0) is 12.9. The van der Waals surface area contributed by atoms with Gasteiger partial charge in [0.25, 0.3) is 0 Å². The van der Waals surface area contributed by atoms with Gasteiger partial charge in [0.15, 0.2) is 18.6 Å². The van der Waals surface area contributed by atoms with Crippen molar-refractivity contribution in [2.75, 3.05) is 6.54 Å². The molecule has 0 aromatic heterocycles. The lowest BCUT2D eigenvalue weighted by molar-refractivity contribution is 0.0679. The summed E-state index contributed by atoms with van der Waals surface area (Å²) in [6.07, 6.45) is 1.29. The van der Waals surface area contributed by atoms with Crippen LogP contribution in [0.25, 0.3) is 0 Å². The molecule has 2 aromatic carbocycles. The molecule has 0 radical (unpaired) electrons. The SMILES string of the molecule is C1=NCC(C(Oc2ccccc2)c2ccccc2)O1. The summed E-state index contributed by atoms with van der Waals surface area (Å²) in [6.45, 7) is 0.631. The van der Waals surface area contributed by atoms with Crippen molar-refractivity contribution in [3.63, 3.8) is 0 Å². The highest BCUT2D eigenvalue weighted by molar-refractivity contribution is 5.49. The Hall–Kier alpha value is -2.29. The van der Waals surface area contributed by atoms with E-state index in [4.69, 9.17) is 9.47 Å². The number of nitrogens with zero attached hydrogens (tertiary/aromatic N) is 1. The quantitative estimate of drug-likeness (QED) is 0.837. The normalized spacial score (nSPS) is 18.8. The lowest BCUT2D eigenvalue weighted by Crippen LogP contribution is -2.26. The van der Waals surface area contributed by atoms with E-state index in [0.29, 0.717) is 6.54 Å². The van der Waals surface area contributed by atoms with Crippen LogP contribution in [0.1, 0.15) is 11.7 Å². The highest BCUT2D eigenvalue weighted by Gasteiger charge is 2.28. The second-order valence-electron chi connectivity index (χ2n) is 4.41. The number of rotatable bonds is 4. The number of hydrogen-bond acceptors (Lipinski definition) is 3. The van der Waals surface area contributed by atoms with Crippen molar-refractivity contribution in [1.82, 2.24) is 0 Å². The highest BCUT2D eigenvalue weighted by Crippen LogP contribution is 2.27. The van der Waals surface area contributed by atoms with Gasteiger partial charge >= 0.3 is 0 Å². The maximum Gasteiger partial charge on any atom is 0.170 e. The van der Waals surface area contributed by atoms with E-state index in [1.807, 2.05) is 48.5 Å². The number of para-hydroxylation sites is 1. The van der Waals surface area contributed by atoms with E-state index in [1.54, 1.807) is 0 Å². The van der Waals surface area contributed by atoms with Gasteiger partial charge in [0.2, 0.25) is 0 Å². The minimum Gasteiger partial charge on any atom is -0.482 e. The van der Waals surface area contributed by atoms with Crippen LogP contribution in [0.5, 0.6) is 5.75 Å². The minimum atomic E-state index is -0.147. The molecule has 1 heterocycles. The molecule has 19 heavy (non-hydrogen) atoms. The summed E-state index contributed by atoms with van der Waals surface area (Å²) in [7, 11) is 0.